The minimum Gasteiger partial charge on any atom is -0.394 e. The van der Waals surface area contributed by atoms with Crippen molar-refractivity contribution in [3.05, 3.63) is 106 Å². The number of fused-ring (bicyclic) bond motifs is 1. The molecule has 5 rings (SSSR count). The smallest absolute Gasteiger partial charge is 0.264 e. The van der Waals surface area contributed by atoms with Gasteiger partial charge in [-0.3, -0.25) is 14.4 Å². The molecule has 3 aromatic rings. The first-order chi connectivity index (χ1) is 20.2. The highest BCUT2D eigenvalue weighted by atomic mass is 79.9. The Morgan fingerprint density at radius 1 is 1.12 bits per heavy atom. The number of nitrogens with zero attached hydrogens (tertiary/aromatic N) is 2. The third-order valence-electron chi connectivity index (χ3n) is 8.10. The van der Waals surface area contributed by atoms with Crippen LogP contribution in [0.1, 0.15) is 47.7 Å². The molecule has 218 valence electrons. The zero-order valence-electron chi connectivity index (χ0n) is 23.4. The Morgan fingerprint density at radius 2 is 1.86 bits per heavy atom. The van der Waals surface area contributed by atoms with Gasteiger partial charge in [-0.1, -0.05) is 65.3 Å². The normalized spacial score (nSPS) is 20.7. The topological polar surface area (TPSA) is 110 Å². The maximum Gasteiger partial charge on any atom is 0.264 e. The third-order valence-corrected chi connectivity index (χ3v) is 8.60. The van der Waals surface area contributed by atoms with Crippen LogP contribution in [0.5, 0.6) is 0 Å². The highest BCUT2D eigenvalue weighted by Gasteiger charge is 2.52. The van der Waals surface area contributed by atoms with Crippen LogP contribution in [0.4, 0.5) is 11.4 Å². The van der Waals surface area contributed by atoms with Crippen LogP contribution in [0.25, 0.3) is 0 Å². The lowest BCUT2D eigenvalue weighted by atomic mass is 9.83. The van der Waals surface area contributed by atoms with Gasteiger partial charge in [-0.25, -0.2) is 0 Å². The van der Waals surface area contributed by atoms with Crippen molar-refractivity contribution in [1.29, 1.82) is 0 Å². The summed E-state index contributed by atoms with van der Waals surface area (Å²) < 4.78 is 0.739. The Hall–Kier alpha value is -3.79. The van der Waals surface area contributed by atoms with Crippen LogP contribution in [0.2, 0.25) is 0 Å². The molecule has 0 aromatic heterocycles. The standard InChI is InChI=1S/C33H34BrN3O5/c1-22(7-5-11-30(39)36-18-6-10-27(36)21-38)33(42)28-19-25(34)14-17-29(28)37(32(33)41)20-23-12-15-26(16-13-23)35-31(40)24-8-3-2-4-9-24/h2-5,7-9,12-17,19,22,27,38,42H,6,10-11,18,20-21H2,1H3,(H,35,40)/b7-5+/t22-,27-,33+/m0/s1. The number of nitrogens with one attached hydrogen (secondary N) is 1. The second-order valence-corrected chi connectivity index (χ2v) is 11.7. The molecule has 0 unspecified atom stereocenters. The fraction of sp³-hybridized carbons (Fsp3) is 0.303. The van der Waals surface area contributed by atoms with E-state index in [0.29, 0.717) is 29.0 Å². The van der Waals surface area contributed by atoms with E-state index in [1.807, 2.05) is 30.3 Å². The van der Waals surface area contributed by atoms with E-state index in [1.165, 1.54) is 0 Å². The summed E-state index contributed by atoms with van der Waals surface area (Å²) in [6.45, 7) is 2.58. The molecule has 42 heavy (non-hydrogen) atoms. The van der Waals surface area contributed by atoms with Gasteiger partial charge in [0.2, 0.25) is 5.91 Å². The monoisotopic (exact) mass is 631 g/mol. The predicted octanol–water partition coefficient (Wildman–Crippen LogP) is 5.00. The molecule has 9 heteroatoms. The number of benzene rings is 3. The number of carbonyl (C=O) groups excluding carboxylic acids is 3. The van der Waals surface area contributed by atoms with Crippen LogP contribution >= 0.6 is 15.9 Å². The molecule has 0 radical (unpaired) electrons. The zero-order valence-corrected chi connectivity index (χ0v) is 25.0. The summed E-state index contributed by atoms with van der Waals surface area (Å²) in [5.41, 5.74) is 1.32. The Morgan fingerprint density at radius 3 is 2.57 bits per heavy atom. The second-order valence-electron chi connectivity index (χ2n) is 10.8. The van der Waals surface area contributed by atoms with Gasteiger partial charge in [0.15, 0.2) is 5.60 Å². The van der Waals surface area contributed by atoms with Crippen LogP contribution in [-0.2, 0) is 21.7 Å². The van der Waals surface area contributed by atoms with Gasteiger partial charge in [0.1, 0.15) is 0 Å². The van der Waals surface area contributed by atoms with E-state index in [9.17, 15) is 24.6 Å². The Balaban J connectivity index is 1.30. The van der Waals surface area contributed by atoms with Gasteiger partial charge in [-0.2, -0.15) is 0 Å². The molecule has 0 saturated carbocycles. The average Bonchev–Trinajstić information content (AvgIpc) is 3.56. The number of amides is 3. The van der Waals surface area contributed by atoms with Crippen molar-refractivity contribution in [3.63, 3.8) is 0 Å². The van der Waals surface area contributed by atoms with Gasteiger partial charge >= 0.3 is 0 Å². The maximum absolute atomic E-state index is 13.9. The second kappa shape index (κ2) is 12.6. The molecular formula is C33H34BrN3O5. The molecule has 1 fully saturated rings. The molecule has 2 aliphatic heterocycles. The van der Waals surface area contributed by atoms with E-state index < -0.39 is 17.4 Å². The van der Waals surface area contributed by atoms with Gasteiger partial charge in [-0.05, 0) is 60.9 Å². The van der Waals surface area contributed by atoms with Crippen molar-refractivity contribution in [2.45, 2.75) is 44.4 Å². The molecule has 8 nitrogen and oxygen atoms in total. The summed E-state index contributed by atoms with van der Waals surface area (Å²) in [5, 5.41) is 24.3. The van der Waals surface area contributed by atoms with Crippen molar-refractivity contribution < 1.29 is 24.6 Å². The molecule has 0 bridgehead atoms. The van der Waals surface area contributed by atoms with Crippen molar-refractivity contribution >= 4 is 45.0 Å². The van der Waals surface area contributed by atoms with E-state index in [-0.39, 0.29) is 37.4 Å². The average molecular weight is 633 g/mol. The Bertz CT molecular complexity index is 1490. The first-order valence-electron chi connectivity index (χ1n) is 14.1. The van der Waals surface area contributed by atoms with Crippen LogP contribution < -0.4 is 10.2 Å². The molecule has 3 atom stereocenters. The first-order valence-corrected chi connectivity index (χ1v) is 14.9. The molecule has 2 heterocycles. The third kappa shape index (κ3) is 5.90. The lowest BCUT2D eigenvalue weighted by Gasteiger charge is -2.28. The number of anilines is 2. The predicted molar refractivity (Wildman–Crippen MR) is 165 cm³/mol. The number of halogens is 1. The van der Waals surface area contributed by atoms with Crippen LogP contribution in [0, 0.1) is 5.92 Å². The molecule has 0 aliphatic carbocycles. The van der Waals surface area contributed by atoms with Crippen LogP contribution in [0.15, 0.2) is 89.4 Å². The van der Waals surface area contributed by atoms with Gasteiger partial charge in [0.05, 0.1) is 24.9 Å². The number of carbonyl (C=O) groups is 3. The van der Waals surface area contributed by atoms with Crippen molar-refractivity contribution in [1.82, 2.24) is 4.90 Å². The minimum atomic E-state index is -1.82. The highest BCUT2D eigenvalue weighted by molar-refractivity contribution is 9.10. The summed E-state index contributed by atoms with van der Waals surface area (Å²) in [5.74, 6) is -1.34. The number of aliphatic hydroxyl groups excluding tert-OH is 1. The van der Waals surface area contributed by atoms with Gasteiger partial charge in [-0.15, -0.1) is 0 Å². The summed E-state index contributed by atoms with van der Waals surface area (Å²) in [4.78, 5) is 42.4. The van der Waals surface area contributed by atoms with E-state index >= 15 is 0 Å². The number of aliphatic hydroxyl groups is 2. The fourth-order valence-corrected chi connectivity index (χ4v) is 6.09. The lowest BCUT2D eigenvalue weighted by molar-refractivity contribution is -0.139. The summed E-state index contributed by atoms with van der Waals surface area (Å²) in [6, 6.07) is 21.5. The number of hydrogen-bond acceptors (Lipinski definition) is 5. The summed E-state index contributed by atoms with van der Waals surface area (Å²) in [7, 11) is 0. The maximum atomic E-state index is 13.9. The first kappa shape index (κ1) is 29.7. The van der Waals surface area contributed by atoms with Gasteiger partial charge < -0.3 is 25.3 Å². The fourth-order valence-electron chi connectivity index (χ4n) is 5.73. The van der Waals surface area contributed by atoms with E-state index in [4.69, 9.17) is 0 Å². The van der Waals surface area contributed by atoms with Gasteiger partial charge in [0.25, 0.3) is 11.8 Å². The quantitative estimate of drug-likeness (QED) is 0.288. The molecule has 3 aromatic carbocycles. The lowest BCUT2D eigenvalue weighted by Crippen LogP contribution is -2.44. The zero-order chi connectivity index (χ0) is 29.9. The SMILES string of the molecule is C[C@@H](/C=C/CC(=O)N1CCC[C@H]1CO)[C@]1(O)C(=O)N(Cc2ccc(NC(=O)c3ccccc3)cc2)c2ccc(Br)cc21. The van der Waals surface area contributed by atoms with Crippen molar-refractivity contribution in [3.8, 4) is 0 Å². The number of likely N-dealkylation sites (tertiary alicyclic amines) is 1. The van der Waals surface area contributed by atoms with Crippen molar-refractivity contribution in [2.24, 2.45) is 5.92 Å². The number of hydrogen-bond donors (Lipinski definition) is 3. The van der Waals surface area contributed by atoms with E-state index in [2.05, 4.69) is 21.2 Å². The molecular weight excluding hydrogens is 598 g/mol. The summed E-state index contributed by atoms with van der Waals surface area (Å²) >= 11 is 3.47. The van der Waals surface area contributed by atoms with Gasteiger partial charge in [0, 0.05) is 40.2 Å². The van der Waals surface area contributed by atoms with E-state index in [0.717, 1.165) is 22.9 Å². The molecule has 3 N–H and O–H groups in total. The Kier molecular flexibility index (Phi) is 8.91. The molecule has 3 amide bonds. The van der Waals surface area contributed by atoms with Crippen LogP contribution in [-0.4, -0.2) is 52.0 Å². The van der Waals surface area contributed by atoms with Crippen molar-refractivity contribution in [2.75, 3.05) is 23.4 Å². The number of rotatable bonds is 9. The van der Waals surface area contributed by atoms with Crippen LogP contribution in [0.3, 0.4) is 0 Å². The molecule has 2 aliphatic rings. The largest absolute Gasteiger partial charge is 0.394 e. The highest BCUT2D eigenvalue weighted by Crippen LogP contribution is 2.46. The Labute approximate surface area is 253 Å². The molecule has 0 spiro atoms. The minimum absolute atomic E-state index is 0.0490. The molecule has 1 saturated heterocycles. The summed E-state index contributed by atoms with van der Waals surface area (Å²) in [6.07, 6.45) is 5.22. The van der Waals surface area contributed by atoms with E-state index in [1.54, 1.807) is 71.3 Å².